The van der Waals surface area contributed by atoms with Crippen molar-refractivity contribution in [2.75, 3.05) is 11.5 Å². The van der Waals surface area contributed by atoms with Gasteiger partial charge in [-0.2, -0.15) is 0 Å². The van der Waals surface area contributed by atoms with E-state index < -0.39 is 40.1 Å². The molecule has 0 bridgehead atoms. The monoisotopic (exact) mass is 282 g/mol. The van der Waals surface area contributed by atoms with Crippen LogP contribution >= 0.6 is 0 Å². The van der Waals surface area contributed by atoms with Crippen LogP contribution in [0.25, 0.3) is 0 Å². The fraction of sp³-hybridized carbons (Fsp3) is 1.00. The van der Waals surface area contributed by atoms with E-state index in [1.807, 2.05) is 0 Å². The molecule has 0 saturated heterocycles. The molecule has 16 heavy (non-hydrogen) atoms. The summed E-state index contributed by atoms with van der Waals surface area (Å²) < 4.78 is 58.0. The summed E-state index contributed by atoms with van der Waals surface area (Å²) >= 11 is 0. The summed E-state index contributed by atoms with van der Waals surface area (Å²) in [7, 11) is -10.3. The van der Waals surface area contributed by atoms with Crippen LogP contribution in [0.2, 0.25) is 19.6 Å². The molecule has 0 N–H and O–H groups in total. The number of rotatable bonds is 6. The minimum atomic E-state index is -4.35. The van der Waals surface area contributed by atoms with Crippen LogP contribution in [0.1, 0.15) is 6.42 Å². The first-order chi connectivity index (χ1) is 6.41. The third-order valence-corrected chi connectivity index (χ3v) is 5.76. The SMILES string of the molecule is C[Si](C)(C)OS(=O)(=O)CCCS(=O)(=O)[O-].[Li+]. The molecule has 0 aromatic carbocycles. The molecule has 0 rings (SSSR count). The van der Waals surface area contributed by atoms with E-state index in [9.17, 15) is 21.4 Å². The van der Waals surface area contributed by atoms with Gasteiger partial charge in [0.1, 0.15) is 0 Å². The number of hydrogen-bond acceptors (Lipinski definition) is 6. The summed E-state index contributed by atoms with van der Waals surface area (Å²) in [6, 6.07) is 0. The van der Waals surface area contributed by atoms with E-state index in [4.69, 9.17) is 3.87 Å². The van der Waals surface area contributed by atoms with E-state index in [1.54, 1.807) is 19.6 Å². The van der Waals surface area contributed by atoms with Crippen LogP contribution in [-0.4, -0.2) is 41.2 Å². The number of hydrogen-bond donors (Lipinski definition) is 0. The van der Waals surface area contributed by atoms with Crippen LogP contribution in [0.5, 0.6) is 0 Å². The molecule has 0 aliphatic rings. The fourth-order valence-corrected chi connectivity index (χ4v) is 5.39. The first-order valence-electron chi connectivity index (χ1n) is 4.28. The van der Waals surface area contributed by atoms with Crippen LogP contribution in [0.15, 0.2) is 0 Å². The van der Waals surface area contributed by atoms with E-state index in [0.717, 1.165) is 0 Å². The second-order valence-corrected chi connectivity index (χ2v) is 12.0. The van der Waals surface area contributed by atoms with Gasteiger partial charge in [0.15, 0.2) is 0 Å². The third-order valence-electron chi connectivity index (χ3n) is 1.17. The Bertz CT molecular complexity index is 395. The van der Waals surface area contributed by atoms with Crippen molar-refractivity contribution < 1.29 is 44.1 Å². The van der Waals surface area contributed by atoms with Gasteiger partial charge in [-0.3, -0.25) is 0 Å². The Morgan fingerprint density at radius 2 is 1.50 bits per heavy atom. The Kier molecular flexibility index (Phi) is 7.76. The minimum absolute atomic E-state index is 0. The predicted octanol–water partition coefficient (Wildman–Crippen LogP) is -2.89. The molecule has 0 spiro atoms. The van der Waals surface area contributed by atoms with Gasteiger partial charge in [0.05, 0.1) is 15.9 Å². The summed E-state index contributed by atoms with van der Waals surface area (Å²) in [6.07, 6.45) is -0.224. The Morgan fingerprint density at radius 3 is 1.81 bits per heavy atom. The van der Waals surface area contributed by atoms with Crippen LogP contribution in [0.4, 0.5) is 0 Å². The van der Waals surface area contributed by atoms with Crippen LogP contribution in [0, 0.1) is 0 Å². The van der Waals surface area contributed by atoms with E-state index >= 15 is 0 Å². The van der Waals surface area contributed by atoms with E-state index in [2.05, 4.69) is 0 Å². The molecule has 92 valence electrons. The smallest absolute Gasteiger partial charge is 0.748 e. The Hall–Kier alpha value is 0.634. The van der Waals surface area contributed by atoms with Crippen molar-refractivity contribution in [3.8, 4) is 0 Å². The molecule has 0 aromatic heterocycles. The first kappa shape index (κ1) is 19.0. The Morgan fingerprint density at radius 1 is 1.06 bits per heavy atom. The summed E-state index contributed by atoms with van der Waals surface area (Å²) in [6.45, 7) is 5.11. The fourth-order valence-electron chi connectivity index (χ4n) is 0.835. The van der Waals surface area contributed by atoms with Crippen molar-refractivity contribution in [1.29, 1.82) is 0 Å². The zero-order valence-electron chi connectivity index (χ0n) is 9.89. The maximum Gasteiger partial charge on any atom is 1.00 e. The zero-order valence-corrected chi connectivity index (χ0v) is 12.5. The minimum Gasteiger partial charge on any atom is -0.748 e. The van der Waals surface area contributed by atoms with Crippen LogP contribution < -0.4 is 18.9 Å². The van der Waals surface area contributed by atoms with Gasteiger partial charge in [-0.1, -0.05) is 0 Å². The van der Waals surface area contributed by atoms with Crippen molar-refractivity contribution in [2.24, 2.45) is 0 Å². The molecular weight excluding hydrogens is 267 g/mol. The zero-order chi connectivity index (χ0) is 12.3. The van der Waals surface area contributed by atoms with E-state index in [1.165, 1.54) is 0 Å². The molecule has 10 heteroatoms. The molecule has 0 fully saturated rings. The van der Waals surface area contributed by atoms with Crippen molar-refractivity contribution >= 4 is 28.6 Å². The Labute approximate surface area is 110 Å². The van der Waals surface area contributed by atoms with Gasteiger partial charge in [0.25, 0.3) is 10.1 Å². The largest absolute Gasteiger partial charge is 1.00 e. The predicted molar refractivity (Wildman–Crippen MR) is 57.4 cm³/mol. The Balaban J connectivity index is 0. The van der Waals surface area contributed by atoms with Crippen LogP contribution in [0.3, 0.4) is 0 Å². The average molecular weight is 282 g/mol. The van der Waals surface area contributed by atoms with Gasteiger partial charge in [-0.05, 0) is 26.1 Å². The second kappa shape index (κ2) is 6.54. The summed E-state index contributed by atoms with van der Waals surface area (Å²) in [5.74, 6) is -1.11. The van der Waals surface area contributed by atoms with Gasteiger partial charge in [0.2, 0.25) is 8.32 Å². The molecule has 0 amide bonds. The topological polar surface area (TPSA) is 101 Å². The summed E-state index contributed by atoms with van der Waals surface area (Å²) in [5.41, 5.74) is 0. The standard InChI is InChI=1S/C6H16O6S2Si.Li/c1-15(2,3)12-14(10,11)6-4-5-13(7,8)9;/h4-6H2,1-3H3,(H,7,8,9);/q;+1/p-1. The molecule has 0 unspecified atom stereocenters. The molecular formula is C6H15LiO6S2Si. The van der Waals surface area contributed by atoms with Crippen molar-refractivity contribution in [1.82, 2.24) is 0 Å². The summed E-state index contributed by atoms with van der Waals surface area (Å²) in [4.78, 5) is 0. The average Bonchev–Trinajstić information content (AvgIpc) is 1.75. The van der Waals surface area contributed by atoms with Crippen molar-refractivity contribution in [3.63, 3.8) is 0 Å². The van der Waals surface area contributed by atoms with Crippen molar-refractivity contribution in [3.05, 3.63) is 0 Å². The van der Waals surface area contributed by atoms with Gasteiger partial charge in [-0.15, -0.1) is 0 Å². The second-order valence-electron chi connectivity index (χ2n) is 4.07. The van der Waals surface area contributed by atoms with Crippen LogP contribution in [-0.2, 0) is 24.1 Å². The van der Waals surface area contributed by atoms with E-state index in [-0.39, 0.29) is 25.3 Å². The molecule has 0 heterocycles. The molecule has 0 aliphatic carbocycles. The summed E-state index contributed by atoms with van der Waals surface area (Å²) in [5, 5.41) is 0. The van der Waals surface area contributed by atoms with Gasteiger partial charge < -0.3 is 8.42 Å². The van der Waals surface area contributed by atoms with Crippen molar-refractivity contribution in [2.45, 2.75) is 26.1 Å². The normalized spacial score (nSPS) is 13.2. The quantitative estimate of drug-likeness (QED) is 0.383. The molecule has 0 atom stereocenters. The third kappa shape index (κ3) is 12.7. The maximum absolute atomic E-state index is 11.2. The van der Waals surface area contributed by atoms with Gasteiger partial charge in [0, 0.05) is 5.75 Å². The molecule has 0 aromatic rings. The molecule has 0 aliphatic heterocycles. The maximum atomic E-state index is 11.2. The first-order valence-corrected chi connectivity index (χ1v) is 10.8. The molecule has 6 nitrogen and oxygen atoms in total. The molecule has 0 saturated carbocycles. The molecule has 0 radical (unpaired) electrons. The van der Waals surface area contributed by atoms with Gasteiger partial charge >= 0.3 is 18.9 Å². The van der Waals surface area contributed by atoms with Gasteiger partial charge in [-0.25, -0.2) is 16.8 Å². The van der Waals surface area contributed by atoms with E-state index in [0.29, 0.717) is 0 Å².